The molecule has 1 atom stereocenters. The van der Waals surface area contributed by atoms with Crippen LogP contribution < -0.4 is 0 Å². The molecule has 2 aliphatic rings. The second-order valence-electron chi connectivity index (χ2n) is 7.42. The van der Waals surface area contributed by atoms with E-state index in [1.54, 1.807) is 0 Å². The first-order valence-corrected chi connectivity index (χ1v) is 19.8. The fourth-order valence-corrected chi connectivity index (χ4v) is 18.4. The van der Waals surface area contributed by atoms with Gasteiger partial charge in [0.05, 0.1) is 0 Å². The molecular weight excluding hydrogens is 438 g/mol. The summed E-state index contributed by atoms with van der Waals surface area (Å²) in [7, 11) is 15.0. The van der Waals surface area contributed by atoms with Gasteiger partial charge in [-0.05, 0) is 0 Å². The van der Waals surface area contributed by atoms with Gasteiger partial charge >= 0.3 is 163 Å². The van der Waals surface area contributed by atoms with E-state index in [9.17, 15) is 0 Å². The fraction of sp³-hybridized carbons (Fsp3) is 0.0870. The Morgan fingerprint density at radius 1 is 0.692 bits per heavy atom. The molecule has 0 fully saturated rings. The van der Waals surface area contributed by atoms with Crippen molar-refractivity contribution in [2.24, 2.45) is 0 Å². The molecule has 0 aliphatic heterocycles. The van der Waals surface area contributed by atoms with E-state index < -0.39 is 15.9 Å². The molecular formula is C23H18Cl2Zr. The van der Waals surface area contributed by atoms with Crippen molar-refractivity contribution in [3.63, 3.8) is 0 Å². The summed E-state index contributed by atoms with van der Waals surface area (Å²) in [5.74, 6) is 0. The Kier molecular flexibility index (Phi) is 3.64. The van der Waals surface area contributed by atoms with Crippen LogP contribution in [-0.2, 0) is 15.9 Å². The third-order valence-electron chi connectivity index (χ3n) is 5.86. The molecule has 0 radical (unpaired) electrons. The number of hydrogen-bond donors (Lipinski definition) is 0. The topological polar surface area (TPSA) is 0 Å². The first-order chi connectivity index (χ1) is 12.5. The molecule has 0 spiro atoms. The molecule has 0 aromatic heterocycles. The zero-order valence-electron chi connectivity index (χ0n) is 14.2. The van der Waals surface area contributed by atoms with Crippen LogP contribution in [0.3, 0.4) is 0 Å². The van der Waals surface area contributed by atoms with Crippen molar-refractivity contribution >= 4 is 27.3 Å². The second kappa shape index (κ2) is 5.62. The average Bonchev–Trinajstić information content (AvgIpc) is 3.22. The molecule has 0 heterocycles. The summed E-state index contributed by atoms with van der Waals surface area (Å²) in [5.41, 5.74) is 7.39. The van der Waals surface area contributed by atoms with Crippen molar-refractivity contribution < 1.29 is 15.9 Å². The van der Waals surface area contributed by atoms with Gasteiger partial charge in [0, 0.05) is 0 Å². The predicted molar refractivity (Wildman–Crippen MR) is 111 cm³/mol. The van der Waals surface area contributed by atoms with E-state index in [1.165, 1.54) is 33.4 Å². The quantitative estimate of drug-likeness (QED) is 0.391. The van der Waals surface area contributed by atoms with Gasteiger partial charge in [0.25, 0.3) is 0 Å². The summed E-state index contributed by atoms with van der Waals surface area (Å²) in [4.78, 5) is 0. The van der Waals surface area contributed by atoms with Gasteiger partial charge in [-0.25, -0.2) is 0 Å². The van der Waals surface area contributed by atoms with Crippen molar-refractivity contribution in [3.8, 4) is 11.1 Å². The van der Waals surface area contributed by atoms with Crippen LogP contribution >= 0.6 is 17.0 Å². The Morgan fingerprint density at radius 3 is 1.81 bits per heavy atom. The fourth-order valence-electron chi connectivity index (χ4n) is 4.73. The van der Waals surface area contributed by atoms with Gasteiger partial charge in [0.15, 0.2) is 0 Å². The van der Waals surface area contributed by atoms with Crippen LogP contribution in [0.25, 0.3) is 17.2 Å². The maximum atomic E-state index is 7.50. The van der Waals surface area contributed by atoms with Gasteiger partial charge in [-0.2, -0.15) is 0 Å². The van der Waals surface area contributed by atoms with Crippen molar-refractivity contribution in [1.29, 1.82) is 0 Å². The molecule has 0 amide bonds. The Labute approximate surface area is 161 Å². The summed E-state index contributed by atoms with van der Waals surface area (Å²) in [6, 6.07) is 25.4. The average molecular weight is 457 g/mol. The van der Waals surface area contributed by atoms with E-state index >= 15 is 0 Å². The third kappa shape index (κ3) is 2.27. The monoisotopic (exact) mass is 454 g/mol. The molecule has 2 aliphatic carbocycles. The van der Waals surface area contributed by atoms with Crippen LogP contribution in [0.15, 0.2) is 78.9 Å². The van der Waals surface area contributed by atoms with Crippen LogP contribution in [-0.4, -0.2) is 4.21 Å². The molecule has 3 heteroatoms. The molecule has 0 saturated carbocycles. The van der Waals surface area contributed by atoms with Gasteiger partial charge in [0.2, 0.25) is 0 Å². The SMILES string of the molecule is [CH2]=[Zr]([Cl])([Cl])([CH]1C=Cc2ccccc21)[CH]1c2ccccc2-c2ccccc21. The molecule has 5 rings (SSSR count). The molecule has 0 bridgehead atoms. The van der Waals surface area contributed by atoms with Gasteiger partial charge in [-0.1, -0.05) is 0 Å². The van der Waals surface area contributed by atoms with Gasteiger partial charge in [0.1, 0.15) is 0 Å². The Bertz CT molecular complexity index is 1090. The first-order valence-electron chi connectivity index (χ1n) is 8.86. The van der Waals surface area contributed by atoms with Gasteiger partial charge < -0.3 is 0 Å². The summed E-state index contributed by atoms with van der Waals surface area (Å²) in [5, 5.41) is 0. The van der Waals surface area contributed by atoms with Crippen LogP contribution in [0.1, 0.15) is 29.5 Å². The van der Waals surface area contributed by atoms with E-state index in [1.807, 2.05) is 0 Å². The summed E-state index contributed by atoms with van der Waals surface area (Å²) in [6.07, 6.45) is 4.34. The second-order valence-corrected chi connectivity index (χ2v) is 28.7. The summed E-state index contributed by atoms with van der Waals surface area (Å²) >= 11 is -4.58. The number of fused-ring (bicyclic) bond motifs is 4. The maximum absolute atomic E-state index is 7.50. The standard InChI is InChI=1S/C13H9.C9H7.CH2.2ClH.Zr/c1-3-7-12-10(5-1)9-11-6-2-4-8-13(11)12;1-2-5-9-7-3-6-8(9)4-1;;;;/h1-9H;1-7H;1H2;2*1H;/q;;;;;+2/p-2. The molecule has 3 aromatic carbocycles. The predicted octanol–water partition coefficient (Wildman–Crippen LogP) is 6.95. The number of benzene rings is 3. The number of hydrogen-bond acceptors (Lipinski definition) is 0. The molecule has 0 saturated heterocycles. The van der Waals surface area contributed by atoms with Crippen molar-refractivity contribution in [1.82, 2.24) is 0 Å². The minimum absolute atomic E-state index is 0.00650. The molecule has 0 N–H and O–H groups in total. The summed E-state index contributed by atoms with van der Waals surface area (Å²) < 4.78 is 4.66. The number of rotatable bonds is 2. The Morgan fingerprint density at radius 2 is 1.19 bits per heavy atom. The van der Waals surface area contributed by atoms with Crippen LogP contribution in [0, 0.1) is 0 Å². The van der Waals surface area contributed by atoms with Gasteiger partial charge in [-0.3, -0.25) is 0 Å². The van der Waals surface area contributed by atoms with Crippen molar-refractivity contribution in [2.45, 2.75) is 7.25 Å². The normalized spacial score (nSPS) is 18.5. The van der Waals surface area contributed by atoms with E-state index in [-0.39, 0.29) is 7.25 Å². The van der Waals surface area contributed by atoms with Gasteiger partial charge in [-0.15, -0.1) is 0 Å². The van der Waals surface area contributed by atoms with E-state index in [0.717, 1.165) is 0 Å². The summed E-state index contributed by atoms with van der Waals surface area (Å²) in [6.45, 7) is 0. The van der Waals surface area contributed by atoms with Crippen molar-refractivity contribution in [3.05, 3.63) is 101 Å². The number of halogens is 2. The van der Waals surface area contributed by atoms with Crippen molar-refractivity contribution in [2.75, 3.05) is 0 Å². The van der Waals surface area contributed by atoms with Crippen LogP contribution in [0.4, 0.5) is 0 Å². The molecule has 26 heavy (non-hydrogen) atoms. The van der Waals surface area contributed by atoms with Crippen LogP contribution in [0.2, 0.25) is 0 Å². The zero-order chi connectivity index (χ0) is 18.0. The van der Waals surface area contributed by atoms with E-state index in [2.05, 4.69) is 89.2 Å². The third-order valence-corrected chi connectivity index (χ3v) is 20.0. The Balaban J connectivity index is 1.77. The van der Waals surface area contributed by atoms with E-state index in [4.69, 9.17) is 17.0 Å². The first kappa shape index (κ1) is 16.9. The zero-order valence-corrected chi connectivity index (χ0v) is 18.2. The molecule has 1 unspecified atom stereocenters. The molecule has 3 aromatic rings. The minimum atomic E-state index is -4.58. The molecule has 0 nitrogen and oxygen atoms in total. The van der Waals surface area contributed by atoms with E-state index in [0.29, 0.717) is 0 Å². The number of allylic oxidation sites excluding steroid dienone is 1. The Hall–Kier alpha value is -1.27. The van der Waals surface area contributed by atoms with Crippen LogP contribution in [0.5, 0.6) is 0 Å². The molecule has 128 valence electrons.